The Labute approximate surface area is 170 Å². The SMILES string of the molecule is O=C(O)C1CCc2ccc(SN3CC=C(c4ccc(C(F)(F)F)cn4)CC3)cc21. The van der Waals surface area contributed by atoms with Gasteiger partial charge in [0.1, 0.15) is 0 Å². The molecule has 1 aromatic heterocycles. The Kier molecular flexibility index (Phi) is 5.40. The summed E-state index contributed by atoms with van der Waals surface area (Å²) in [6.45, 7) is 1.38. The minimum absolute atomic E-state index is 0.427. The van der Waals surface area contributed by atoms with Gasteiger partial charge >= 0.3 is 12.1 Å². The third-order valence-electron chi connectivity index (χ3n) is 5.32. The van der Waals surface area contributed by atoms with Crippen LogP contribution >= 0.6 is 11.9 Å². The summed E-state index contributed by atoms with van der Waals surface area (Å²) >= 11 is 1.57. The predicted molar refractivity (Wildman–Crippen MR) is 104 cm³/mol. The highest BCUT2D eigenvalue weighted by Crippen LogP contribution is 2.37. The fourth-order valence-corrected chi connectivity index (χ4v) is 4.70. The van der Waals surface area contributed by atoms with Crippen molar-refractivity contribution in [2.24, 2.45) is 0 Å². The van der Waals surface area contributed by atoms with Crippen molar-refractivity contribution in [3.63, 3.8) is 0 Å². The summed E-state index contributed by atoms with van der Waals surface area (Å²) < 4.78 is 40.2. The highest BCUT2D eigenvalue weighted by Gasteiger charge is 2.31. The van der Waals surface area contributed by atoms with Gasteiger partial charge in [-0.25, -0.2) is 4.31 Å². The van der Waals surface area contributed by atoms with Gasteiger partial charge in [-0.3, -0.25) is 9.78 Å². The zero-order chi connectivity index (χ0) is 20.6. The lowest BCUT2D eigenvalue weighted by molar-refractivity contribution is -0.139. The van der Waals surface area contributed by atoms with Crippen LogP contribution < -0.4 is 0 Å². The van der Waals surface area contributed by atoms with Gasteiger partial charge in [0, 0.05) is 24.2 Å². The van der Waals surface area contributed by atoms with Crippen LogP contribution in [-0.2, 0) is 17.4 Å². The van der Waals surface area contributed by atoms with Gasteiger partial charge in [0.2, 0.25) is 0 Å². The molecule has 1 unspecified atom stereocenters. The number of hydrogen-bond donors (Lipinski definition) is 1. The topological polar surface area (TPSA) is 53.4 Å². The number of benzene rings is 1. The maximum absolute atomic E-state index is 12.7. The fraction of sp³-hybridized carbons (Fsp3) is 0.333. The highest BCUT2D eigenvalue weighted by atomic mass is 32.2. The zero-order valence-electron chi connectivity index (χ0n) is 15.4. The molecule has 4 rings (SSSR count). The van der Waals surface area contributed by atoms with Crippen LogP contribution in [0.1, 0.15) is 41.1 Å². The summed E-state index contributed by atoms with van der Waals surface area (Å²) in [6, 6.07) is 8.49. The number of aliphatic carboxylic acids is 1. The van der Waals surface area contributed by atoms with Crippen molar-refractivity contribution in [2.75, 3.05) is 13.1 Å². The molecule has 2 aliphatic rings. The van der Waals surface area contributed by atoms with E-state index >= 15 is 0 Å². The van der Waals surface area contributed by atoms with Crippen LogP contribution in [0.3, 0.4) is 0 Å². The molecule has 1 aliphatic heterocycles. The second-order valence-electron chi connectivity index (χ2n) is 7.18. The Morgan fingerprint density at radius 2 is 2.03 bits per heavy atom. The van der Waals surface area contributed by atoms with E-state index in [0.717, 1.165) is 46.8 Å². The van der Waals surface area contributed by atoms with E-state index in [2.05, 4.69) is 9.29 Å². The number of alkyl halides is 3. The molecule has 2 heterocycles. The van der Waals surface area contributed by atoms with E-state index in [9.17, 15) is 23.1 Å². The number of aromatic nitrogens is 1. The van der Waals surface area contributed by atoms with E-state index in [1.54, 1.807) is 11.9 Å². The molecule has 1 aliphatic carbocycles. The van der Waals surface area contributed by atoms with E-state index in [4.69, 9.17) is 0 Å². The molecule has 0 radical (unpaired) electrons. The van der Waals surface area contributed by atoms with Gasteiger partial charge < -0.3 is 5.11 Å². The van der Waals surface area contributed by atoms with Crippen LogP contribution in [0.4, 0.5) is 13.2 Å². The predicted octanol–water partition coefficient (Wildman–Crippen LogP) is 5.01. The van der Waals surface area contributed by atoms with Crippen molar-refractivity contribution in [1.29, 1.82) is 0 Å². The summed E-state index contributed by atoms with van der Waals surface area (Å²) in [6.07, 6.45) is 0.617. The summed E-state index contributed by atoms with van der Waals surface area (Å²) in [7, 11) is 0. The van der Waals surface area contributed by atoms with Gasteiger partial charge in [-0.2, -0.15) is 13.2 Å². The molecule has 0 spiro atoms. The first-order valence-corrected chi connectivity index (χ1v) is 10.1. The number of rotatable bonds is 4. The second kappa shape index (κ2) is 7.84. The fourth-order valence-electron chi connectivity index (χ4n) is 3.76. The largest absolute Gasteiger partial charge is 0.481 e. The van der Waals surface area contributed by atoms with Gasteiger partial charge in [0.05, 0.1) is 17.2 Å². The lowest BCUT2D eigenvalue weighted by Gasteiger charge is -2.25. The quantitative estimate of drug-likeness (QED) is 0.705. The van der Waals surface area contributed by atoms with E-state index in [1.807, 2.05) is 24.3 Å². The Bertz CT molecular complexity index is 957. The van der Waals surface area contributed by atoms with Crippen LogP contribution in [0.25, 0.3) is 5.57 Å². The van der Waals surface area contributed by atoms with Gasteiger partial charge in [-0.1, -0.05) is 12.1 Å². The molecule has 0 saturated heterocycles. The normalized spacial score (nSPS) is 19.7. The third-order valence-corrected chi connectivity index (χ3v) is 6.37. The molecule has 1 aromatic carbocycles. The average molecular weight is 420 g/mol. The number of fused-ring (bicyclic) bond motifs is 1. The molecule has 0 amide bonds. The lowest BCUT2D eigenvalue weighted by Crippen LogP contribution is -2.22. The number of carboxylic acids is 1. The molecule has 0 saturated carbocycles. The molecule has 1 atom stereocenters. The van der Waals surface area contributed by atoms with Crippen LogP contribution in [-0.4, -0.2) is 33.5 Å². The minimum Gasteiger partial charge on any atom is -0.481 e. The van der Waals surface area contributed by atoms with Crippen LogP contribution in [0.15, 0.2) is 47.5 Å². The standard InChI is InChI=1S/C21H19F3N2O2S/c22-21(23,24)15-3-6-19(25-12-15)14-7-9-26(10-8-14)29-16-4-1-13-2-5-17(20(27)28)18(13)11-16/h1,3-4,6-7,11-12,17H,2,5,8-10H2,(H,27,28). The number of carbonyl (C=O) groups is 1. The summed E-state index contributed by atoms with van der Waals surface area (Å²) in [5, 5.41) is 9.38. The first-order chi connectivity index (χ1) is 13.8. The van der Waals surface area contributed by atoms with Gasteiger partial charge in [-0.05, 0) is 72.2 Å². The maximum Gasteiger partial charge on any atom is 0.417 e. The Morgan fingerprint density at radius 1 is 1.21 bits per heavy atom. The molecular weight excluding hydrogens is 401 g/mol. The number of carboxylic acid groups (broad SMARTS) is 1. The summed E-state index contributed by atoms with van der Waals surface area (Å²) in [5.74, 6) is -1.20. The Hall–Kier alpha value is -2.32. The van der Waals surface area contributed by atoms with Crippen LogP contribution in [0.2, 0.25) is 0 Å². The van der Waals surface area contributed by atoms with Crippen molar-refractivity contribution < 1.29 is 23.1 Å². The Morgan fingerprint density at radius 3 is 2.66 bits per heavy atom. The van der Waals surface area contributed by atoms with E-state index in [0.29, 0.717) is 25.1 Å². The van der Waals surface area contributed by atoms with Crippen molar-refractivity contribution in [1.82, 2.24) is 9.29 Å². The molecule has 1 N–H and O–H groups in total. The van der Waals surface area contributed by atoms with E-state index in [-0.39, 0.29) is 0 Å². The van der Waals surface area contributed by atoms with E-state index in [1.165, 1.54) is 6.07 Å². The van der Waals surface area contributed by atoms with Crippen molar-refractivity contribution in [2.45, 2.75) is 36.3 Å². The molecule has 8 heteroatoms. The van der Waals surface area contributed by atoms with Crippen LogP contribution in [0.5, 0.6) is 0 Å². The maximum atomic E-state index is 12.7. The second-order valence-corrected chi connectivity index (χ2v) is 8.35. The average Bonchev–Trinajstić information content (AvgIpc) is 3.12. The summed E-state index contributed by atoms with van der Waals surface area (Å²) in [4.78, 5) is 16.4. The molecule has 2 aromatic rings. The first kappa shape index (κ1) is 20.0. The minimum atomic E-state index is -4.38. The zero-order valence-corrected chi connectivity index (χ0v) is 16.3. The monoisotopic (exact) mass is 420 g/mol. The Balaban J connectivity index is 1.42. The lowest BCUT2D eigenvalue weighted by atomic mass is 10.0. The number of aryl methyl sites for hydroxylation is 1. The van der Waals surface area contributed by atoms with Gasteiger partial charge in [0.25, 0.3) is 0 Å². The summed E-state index contributed by atoms with van der Waals surface area (Å²) in [5.41, 5.74) is 2.78. The van der Waals surface area contributed by atoms with Gasteiger partial charge in [-0.15, -0.1) is 0 Å². The molecule has 4 nitrogen and oxygen atoms in total. The van der Waals surface area contributed by atoms with Crippen molar-refractivity contribution >= 4 is 23.5 Å². The van der Waals surface area contributed by atoms with Crippen molar-refractivity contribution in [3.05, 3.63) is 65.0 Å². The molecule has 152 valence electrons. The smallest absolute Gasteiger partial charge is 0.417 e. The van der Waals surface area contributed by atoms with E-state index < -0.39 is 23.6 Å². The molecule has 0 bridgehead atoms. The molecule has 0 fully saturated rings. The van der Waals surface area contributed by atoms with Crippen LogP contribution in [0, 0.1) is 0 Å². The molecular formula is C21H19F3N2O2S. The van der Waals surface area contributed by atoms with Gasteiger partial charge in [0.15, 0.2) is 0 Å². The molecule has 29 heavy (non-hydrogen) atoms. The number of pyridine rings is 1. The highest BCUT2D eigenvalue weighted by molar-refractivity contribution is 7.97. The number of halogens is 3. The number of hydrogen-bond acceptors (Lipinski definition) is 4. The third kappa shape index (κ3) is 4.33. The number of nitrogens with zero attached hydrogens (tertiary/aromatic N) is 2. The van der Waals surface area contributed by atoms with Crippen molar-refractivity contribution in [3.8, 4) is 0 Å². The first-order valence-electron chi connectivity index (χ1n) is 9.32.